The Hall–Kier alpha value is -2.20. The van der Waals surface area contributed by atoms with E-state index < -0.39 is 0 Å². The zero-order chi connectivity index (χ0) is 13.5. The van der Waals surface area contributed by atoms with Gasteiger partial charge in [-0.3, -0.25) is 4.79 Å². The van der Waals surface area contributed by atoms with Gasteiger partial charge in [-0.1, -0.05) is 5.11 Å². The summed E-state index contributed by atoms with van der Waals surface area (Å²) in [6.07, 6.45) is 2.45. The van der Waals surface area contributed by atoms with Crippen molar-refractivity contribution >= 4 is 5.91 Å². The summed E-state index contributed by atoms with van der Waals surface area (Å²) in [5.74, 6) is 0.810. The van der Waals surface area contributed by atoms with Crippen LogP contribution >= 0.6 is 0 Å². The molecular formula is C13H16N4O2. The van der Waals surface area contributed by atoms with E-state index in [-0.39, 0.29) is 5.91 Å². The molecule has 6 nitrogen and oxygen atoms in total. The molecule has 2 rings (SSSR count). The Balaban J connectivity index is 1.78. The third-order valence-corrected chi connectivity index (χ3v) is 2.99. The highest BCUT2D eigenvalue weighted by molar-refractivity contribution is 5.94. The number of carbonyl (C=O) groups is 1. The van der Waals surface area contributed by atoms with E-state index in [1.54, 1.807) is 6.07 Å². The molecule has 0 bridgehead atoms. The molecule has 0 spiro atoms. The first kappa shape index (κ1) is 13.2. The van der Waals surface area contributed by atoms with Crippen molar-refractivity contribution in [1.82, 2.24) is 5.32 Å². The summed E-state index contributed by atoms with van der Waals surface area (Å²) in [5, 5.41) is 6.29. The maximum Gasteiger partial charge on any atom is 0.251 e. The minimum Gasteiger partial charge on any atom is -0.493 e. The van der Waals surface area contributed by atoms with E-state index in [2.05, 4.69) is 15.3 Å². The summed E-state index contributed by atoms with van der Waals surface area (Å²) >= 11 is 0. The average Bonchev–Trinajstić information content (AvgIpc) is 2.89. The number of hydrogen-bond donors (Lipinski definition) is 1. The van der Waals surface area contributed by atoms with Gasteiger partial charge in [-0.05, 0) is 42.1 Å². The Morgan fingerprint density at radius 3 is 3.21 bits per heavy atom. The van der Waals surface area contributed by atoms with E-state index in [1.807, 2.05) is 12.1 Å². The number of unbranched alkanes of at least 4 members (excludes halogenated alkanes) is 1. The second kappa shape index (κ2) is 6.66. The van der Waals surface area contributed by atoms with E-state index in [0.29, 0.717) is 25.3 Å². The number of hydrogen-bond acceptors (Lipinski definition) is 3. The number of amides is 1. The lowest BCUT2D eigenvalue weighted by atomic mass is 10.1. The largest absolute Gasteiger partial charge is 0.493 e. The van der Waals surface area contributed by atoms with Gasteiger partial charge < -0.3 is 10.1 Å². The summed E-state index contributed by atoms with van der Waals surface area (Å²) in [7, 11) is 0. The van der Waals surface area contributed by atoms with E-state index in [1.165, 1.54) is 0 Å². The van der Waals surface area contributed by atoms with Gasteiger partial charge in [-0.25, -0.2) is 0 Å². The number of nitrogens with zero attached hydrogens (tertiary/aromatic N) is 3. The Bertz CT molecular complexity index is 509. The van der Waals surface area contributed by atoms with Gasteiger partial charge in [0.15, 0.2) is 0 Å². The van der Waals surface area contributed by atoms with Gasteiger partial charge >= 0.3 is 0 Å². The number of rotatable bonds is 6. The number of fused-ring (bicyclic) bond motifs is 1. The zero-order valence-electron chi connectivity index (χ0n) is 10.6. The Morgan fingerprint density at radius 1 is 1.47 bits per heavy atom. The molecule has 0 fully saturated rings. The van der Waals surface area contributed by atoms with Crippen LogP contribution in [-0.2, 0) is 6.42 Å². The first-order valence-electron chi connectivity index (χ1n) is 6.36. The van der Waals surface area contributed by atoms with Crippen LogP contribution in [0.5, 0.6) is 5.75 Å². The molecule has 0 atom stereocenters. The highest BCUT2D eigenvalue weighted by Gasteiger charge is 2.14. The van der Waals surface area contributed by atoms with Crippen molar-refractivity contribution in [3.8, 4) is 5.75 Å². The molecule has 1 aliphatic rings. The Morgan fingerprint density at radius 2 is 2.37 bits per heavy atom. The minimum atomic E-state index is -0.0708. The van der Waals surface area contributed by atoms with Crippen LogP contribution in [-0.4, -0.2) is 25.6 Å². The van der Waals surface area contributed by atoms with Crippen molar-refractivity contribution in [3.05, 3.63) is 39.8 Å². The molecule has 1 aromatic carbocycles. The number of carbonyl (C=O) groups excluding carboxylic acids is 1. The molecule has 1 aromatic rings. The van der Waals surface area contributed by atoms with Gasteiger partial charge in [0.1, 0.15) is 5.75 Å². The van der Waals surface area contributed by atoms with E-state index >= 15 is 0 Å². The monoisotopic (exact) mass is 260 g/mol. The molecule has 1 heterocycles. The molecule has 0 aliphatic carbocycles. The van der Waals surface area contributed by atoms with Crippen LogP contribution in [0.4, 0.5) is 0 Å². The van der Waals surface area contributed by atoms with E-state index in [4.69, 9.17) is 10.3 Å². The molecule has 0 radical (unpaired) electrons. The number of ether oxygens (including phenoxy) is 1. The van der Waals surface area contributed by atoms with Crippen LogP contribution in [0.1, 0.15) is 28.8 Å². The van der Waals surface area contributed by atoms with Gasteiger partial charge in [-0.15, -0.1) is 0 Å². The van der Waals surface area contributed by atoms with Crippen molar-refractivity contribution in [2.24, 2.45) is 5.11 Å². The van der Waals surface area contributed by atoms with Crippen molar-refractivity contribution in [3.63, 3.8) is 0 Å². The molecule has 100 valence electrons. The molecule has 6 heteroatoms. The summed E-state index contributed by atoms with van der Waals surface area (Å²) in [6.45, 7) is 1.76. The molecule has 0 unspecified atom stereocenters. The zero-order valence-corrected chi connectivity index (χ0v) is 10.6. The van der Waals surface area contributed by atoms with Crippen LogP contribution in [0.15, 0.2) is 23.3 Å². The fourth-order valence-electron chi connectivity index (χ4n) is 1.98. The third kappa shape index (κ3) is 3.63. The molecule has 1 amide bonds. The van der Waals surface area contributed by atoms with Gasteiger partial charge in [0.05, 0.1) is 6.61 Å². The van der Waals surface area contributed by atoms with Gasteiger partial charge in [0, 0.05) is 30.0 Å². The average molecular weight is 260 g/mol. The van der Waals surface area contributed by atoms with Gasteiger partial charge in [0.2, 0.25) is 0 Å². The summed E-state index contributed by atoms with van der Waals surface area (Å²) in [5.41, 5.74) is 9.87. The quantitative estimate of drug-likeness (QED) is 0.368. The van der Waals surface area contributed by atoms with Crippen LogP contribution in [0.3, 0.4) is 0 Å². The van der Waals surface area contributed by atoms with Crippen LogP contribution < -0.4 is 10.1 Å². The van der Waals surface area contributed by atoms with Crippen LogP contribution in [0, 0.1) is 0 Å². The lowest BCUT2D eigenvalue weighted by Gasteiger charge is -2.06. The predicted molar refractivity (Wildman–Crippen MR) is 71.2 cm³/mol. The highest BCUT2D eigenvalue weighted by Crippen LogP contribution is 2.25. The topological polar surface area (TPSA) is 87.1 Å². The van der Waals surface area contributed by atoms with Crippen molar-refractivity contribution in [2.75, 3.05) is 19.7 Å². The van der Waals surface area contributed by atoms with E-state index in [9.17, 15) is 4.79 Å². The molecule has 0 saturated carbocycles. The molecule has 19 heavy (non-hydrogen) atoms. The van der Waals surface area contributed by atoms with E-state index in [0.717, 1.165) is 30.6 Å². The standard InChI is InChI=1S/C13H16N4O2/c14-17-16-7-2-1-6-15-13(18)11-3-4-12-10(9-11)5-8-19-12/h3-4,9H,1-2,5-8H2,(H,15,18). The normalized spacial score (nSPS) is 12.2. The fourth-order valence-corrected chi connectivity index (χ4v) is 1.98. The van der Waals surface area contributed by atoms with Crippen molar-refractivity contribution in [2.45, 2.75) is 19.3 Å². The van der Waals surface area contributed by atoms with Crippen molar-refractivity contribution < 1.29 is 9.53 Å². The lowest BCUT2D eigenvalue weighted by Crippen LogP contribution is -2.24. The van der Waals surface area contributed by atoms with Crippen LogP contribution in [0.2, 0.25) is 0 Å². The molecule has 1 N–H and O–H groups in total. The van der Waals surface area contributed by atoms with Gasteiger partial charge in [0.25, 0.3) is 5.91 Å². The molecule has 0 saturated heterocycles. The maximum absolute atomic E-state index is 11.9. The summed E-state index contributed by atoms with van der Waals surface area (Å²) in [6, 6.07) is 5.51. The summed E-state index contributed by atoms with van der Waals surface area (Å²) < 4.78 is 5.40. The SMILES string of the molecule is [N-]=[N+]=NCCCCNC(=O)c1ccc2c(c1)CCO2. The van der Waals surface area contributed by atoms with Crippen LogP contribution in [0.25, 0.3) is 10.4 Å². The Kier molecular flexibility index (Phi) is 4.64. The first-order chi connectivity index (χ1) is 9.31. The molecular weight excluding hydrogens is 244 g/mol. The molecule has 0 aromatic heterocycles. The predicted octanol–water partition coefficient (Wildman–Crippen LogP) is 2.44. The maximum atomic E-state index is 11.9. The highest BCUT2D eigenvalue weighted by atomic mass is 16.5. The molecule has 1 aliphatic heterocycles. The third-order valence-electron chi connectivity index (χ3n) is 2.99. The van der Waals surface area contributed by atoms with Gasteiger partial charge in [-0.2, -0.15) is 0 Å². The summed E-state index contributed by atoms with van der Waals surface area (Å²) in [4.78, 5) is 14.6. The smallest absolute Gasteiger partial charge is 0.251 e. The Labute approximate surface area is 111 Å². The first-order valence-corrected chi connectivity index (χ1v) is 6.36. The number of azide groups is 1. The lowest BCUT2D eigenvalue weighted by molar-refractivity contribution is 0.0953. The van der Waals surface area contributed by atoms with Crippen molar-refractivity contribution in [1.29, 1.82) is 0 Å². The fraction of sp³-hybridized carbons (Fsp3) is 0.462. The second-order valence-corrected chi connectivity index (χ2v) is 4.34. The number of benzene rings is 1. The number of nitrogens with one attached hydrogen (secondary N) is 1. The second-order valence-electron chi connectivity index (χ2n) is 4.34. The minimum absolute atomic E-state index is 0.0708.